The van der Waals surface area contributed by atoms with E-state index in [1.54, 1.807) is 7.05 Å². The number of benzene rings is 1. The van der Waals surface area contributed by atoms with E-state index in [1.165, 1.54) is 4.90 Å². The van der Waals surface area contributed by atoms with Crippen LogP contribution in [0.2, 0.25) is 0 Å². The first-order chi connectivity index (χ1) is 8.90. The normalized spacial score (nSPS) is 9.79. The van der Waals surface area contributed by atoms with Crippen LogP contribution < -0.4 is 11.1 Å². The summed E-state index contributed by atoms with van der Waals surface area (Å²) in [6, 6.07) is 7.52. The molecule has 0 spiro atoms. The average Bonchev–Trinajstić information content (AvgIpc) is 2.34. The molecule has 3 N–H and O–H groups in total. The standard InChI is InChI=1S/C12H14BrN3O2S/c1-16(7-8-3-2-4-9(13)5-8)12(18)11(17)15-6-10(14)19/h2-5H,6-7H2,1H3,(H2,14,19)(H,15,17). The number of halogens is 1. The maximum Gasteiger partial charge on any atom is 0.311 e. The first-order valence-electron chi connectivity index (χ1n) is 5.46. The summed E-state index contributed by atoms with van der Waals surface area (Å²) in [5.74, 6) is -1.35. The van der Waals surface area contributed by atoms with Gasteiger partial charge in [-0.1, -0.05) is 40.3 Å². The number of nitrogens with two attached hydrogens (primary N) is 1. The van der Waals surface area contributed by atoms with E-state index in [2.05, 4.69) is 33.5 Å². The lowest BCUT2D eigenvalue weighted by Crippen LogP contribution is -2.43. The van der Waals surface area contributed by atoms with Crippen molar-refractivity contribution in [1.29, 1.82) is 0 Å². The zero-order valence-corrected chi connectivity index (χ0v) is 12.8. The van der Waals surface area contributed by atoms with Crippen LogP contribution in [0.25, 0.3) is 0 Å². The summed E-state index contributed by atoms with van der Waals surface area (Å²) in [6.45, 7) is 0.364. The molecule has 1 aromatic carbocycles. The fourth-order valence-electron chi connectivity index (χ4n) is 1.40. The van der Waals surface area contributed by atoms with Crippen LogP contribution in [0.1, 0.15) is 5.56 Å². The minimum atomic E-state index is -0.717. The highest BCUT2D eigenvalue weighted by atomic mass is 79.9. The SMILES string of the molecule is CN(Cc1cccc(Br)c1)C(=O)C(=O)NCC(N)=S. The molecule has 0 aromatic heterocycles. The third kappa shape index (κ3) is 5.35. The molecular weight excluding hydrogens is 330 g/mol. The van der Waals surface area contributed by atoms with Gasteiger partial charge in [-0.15, -0.1) is 0 Å². The minimum absolute atomic E-state index is 0.0185. The summed E-state index contributed by atoms with van der Waals surface area (Å²) in [4.78, 5) is 24.7. The van der Waals surface area contributed by atoms with Crippen molar-refractivity contribution < 1.29 is 9.59 Å². The third-order valence-corrected chi connectivity index (χ3v) is 2.91. The minimum Gasteiger partial charge on any atom is -0.392 e. The molecule has 7 heteroatoms. The number of hydrogen-bond donors (Lipinski definition) is 2. The molecule has 2 amide bonds. The number of likely N-dealkylation sites (N-methyl/N-ethyl adjacent to an activating group) is 1. The molecule has 0 fully saturated rings. The lowest BCUT2D eigenvalue weighted by atomic mass is 10.2. The molecule has 0 atom stereocenters. The van der Waals surface area contributed by atoms with Crippen LogP contribution in [0.15, 0.2) is 28.7 Å². The van der Waals surface area contributed by atoms with Gasteiger partial charge in [-0.2, -0.15) is 0 Å². The van der Waals surface area contributed by atoms with Gasteiger partial charge in [0.25, 0.3) is 0 Å². The predicted octanol–water partition coefficient (Wildman–Crippen LogP) is 0.810. The molecule has 0 aliphatic carbocycles. The summed E-state index contributed by atoms with van der Waals surface area (Å²) in [6.07, 6.45) is 0. The van der Waals surface area contributed by atoms with Crippen molar-refractivity contribution in [2.75, 3.05) is 13.6 Å². The van der Waals surface area contributed by atoms with Gasteiger partial charge in [-0.25, -0.2) is 0 Å². The summed E-state index contributed by atoms with van der Waals surface area (Å²) >= 11 is 7.97. The van der Waals surface area contributed by atoms with Crippen LogP contribution >= 0.6 is 28.1 Å². The largest absolute Gasteiger partial charge is 0.392 e. The Bertz CT molecular complexity index is 508. The van der Waals surface area contributed by atoms with Gasteiger partial charge < -0.3 is 16.0 Å². The van der Waals surface area contributed by atoms with Crippen molar-refractivity contribution in [3.8, 4) is 0 Å². The number of nitrogens with one attached hydrogen (secondary N) is 1. The van der Waals surface area contributed by atoms with Crippen LogP contribution in [0, 0.1) is 0 Å². The second-order valence-electron chi connectivity index (χ2n) is 3.94. The number of rotatable bonds is 4. The second-order valence-corrected chi connectivity index (χ2v) is 5.38. The van der Waals surface area contributed by atoms with E-state index in [4.69, 9.17) is 5.73 Å². The molecular formula is C12H14BrN3O2S. The first kappa shape index (κ1) is 15.6. The molecule has 1 aromatic rings. The highest BCUT2D eigenvalue weighted by molar-refractivity contribution is 9.10. The van der Waals surface area contributed by atoms with E-state index >= 15 is 0 Å². The van der Waals surface area contributed by atoms with Crippen LogP contribution in [-0.2, 0) is 16.1 Å². The van der Waals surface area contributed by atoms with Gasteiger partial charge >= 0.3 is 11.8 Å². The van der Waals surface area contributed by atoms with Gasteiger partial charge in [0.2, 0.25) is 0 Å². The summed E-state index contributed by atoms with van der Waals surface area (Å²) in [5.41, 5.74) is 6.17. The molecule has 0 saturated carbocycles. The number of carbonyl (C=O) groups is 2. The summed E-state index contributed by atoms with van der Waals surface area (Å²) < 4.78 is 0.920. The summed E-state index contributed by atoms with van der Waals surface area (Å²) in [7, 11) is 1.56. The molecule has 0 aliphatic heterocycles. The predicted molar refractivity (Wildman–Crippen MR) is 80.4 cm³/mol. The molecule has 0 unspecified atom stereocenters. The molecule has 102 valence electrons. The number of carbonyl (C=O) groups excluding carboxylic acids is 2. The molecule has 1 rings (SSSR count). The topological polar surface area (TPSA) is 75.4 Å². The smallest absolute Gasteiger partial charge is 0.311 e. The third-order valence-electron chi connectivity index (χ3n) is 2.27. The quantitative estimate of drug-likeness (QED) is 0.626. The van der Waals surface area contributed by atoms with Crippen molar-refractivity contribution >= 4 is 45.0 Å². The van der Waals surface area contributed by atoms with Crippen LogP contribution in [0.4, 0.5) is 0 Å². The Morgan fingerprint density at radius 2 is 2.16 bits per heavy atom. The zero-order valence-electron chi connectivity index (χ0n) is 10.4. The Morgan fingerprint density at radius 1 is 1.47 bits per heavy atom. The van der Waals surface area contributed by atoms with E-state index < -0.39 is 11.8 Å². The second kappa shape index (κ2) is 7.20. The number of thiocarbonyl (C=S) groups is 1. The summed E-state index contributed by atoms with van der Waals surface area (Å²) in [5, 5.41) is 2.35. The van der Waals surface area contributed by atoms with Crippen molar-refractivity contribution in [3.05, 3.63) is 34.3 Å². The number of amides is 2. The lowest BCUT2D eigenvalue weighted by Gasteiger charge is -2.16. The fourth-order valence-corrected chi connectivity index (χ4v) is 1.92. The average molecular weight is 344 g/mol. The van der Waals surface area contributed by atoms with Gasteiger partial charge in [-0.3, -0.25) is 9.59 Å². The Morgan fingerprint density at radius 3 is 2.74 bits per heavy atom. The zero-order chi connectivity index (χ0) is 14.4. The molecule has 5 nitrogen and oxygen atoms in total. The van der Waals surface area contributed by atoms with Crippen molar-refractivity contribution in [2.45, 2.75) is 6.54 Å². The van der Waals surface area contributed by atoms with Gasteiger partial charge in [0, 0.05) is 18.1 Å². The van der Waals surface area contributed by atoms with Crippen LogP contribution in [0.5, 0.6) is 0 Å². The van der Waals surface area contributed by atoms with Crippen molar-refractivity contribution in [2.24, 2.45) is 5.73 Å². The van der Waals surface area contributed by atoms with E-state index in [-0.39, 0.29) is 11.5 Å². The van der Waals surface area contributed by atoms with Crippen LogP contribution in [-0.4, -0.2) is 35.3 Å². The molecule has 19 heavy (non-hydrogen) atoms. The molecule has 0 radical (unpaired) electrons. The maximum atomic E-state index is 11.8. The highest BCUT2D eigenvalue weighted by Crippen LogP contribution is 2.12. The van der Waals surface area contributed by atoms with E-state index in [0.29, 0.717) is 6.54 Å². The molecule has 0 heterocycles. The van der Waals surface area contributed by atoms with Crippen LogP contribution in [0.3, 0.4) is 0 Å². The maximum absolute atomic E-state index is 11.8. The molecule has 0 aliphatic rings. The Labute approximate surface area is 125 Å². The number of hydrogen-bond acceptors (Lipinski definition) is 3. The molecule has 0 bridgehead atoms. The van der Waals surface area contributed by atoms with Gasteiger partial charge in [0.15, 0.2) is 0 Å². The van der Waals surface area contributed by atoms with E-state index in [9.17, 15) is 9.59 Å². The van der Waals surface area contributed by atoms with Gasteiger partial charge in [-0.05, 0) is 17.7 Å². The Hall–Kier alpha value is -1.47. The monoisotopic (exact) mass is 343 g/mol. The molecule has 0 saturated heterocycles. The Balaban J connectivity index is 2.57. The van der Waals surface area contributed by atoms with Gasteiger partial charge in [0.1, 0.15) is 0 Å². The Kier molecular flexibility index (Phi) is 5.91. The van der Waals surface area contributed by atoms with Crippen molar-refractivity contribution in [1.82, 2.24) is 10.2 Å². The van der Waals surface area contributed by atoms with Crippen molar-refractivity contribution in [3.63, 3.8) is 0 Å². The lowest BCUT2D eigenvalue weighted by molar-refractivity contribution is -0.145. The highest BCUT2D eigenvalue weighted by Gasteiger charge is 2.18. The first-order valence-corrected chi connectivity index (χ1v) is 6.66. The van der Waals surface area contributed by atoms with E-state index in [1.807, 2.05) is 24.3 Å². The number of nitrogens with zero attached hydrogens (tertiary/aromatic N) is 1. The van der Waals surface area contributed by atoms with Gasteiger partial charge in [0.05, 0.1) is 11.5 Å². The fraction of sp³-hybridized carbons (Fsp3) is 0.250. The van der Waals surface area contributed by atoms with E-state index in [0.717, 1.165) is 10.0 Å².